The van der Waals surface area contributed by atoms with Crippen molar-refractivity contribution in [3.05, 3.63) is 0 Å². The van der Waals surface area contributed by atoms with Gasteiger partial charge in [0.15, 0.2) is 0 Å². The summed E-state index contributed by atoms with van der Waals surface area (Å²) in [5, 5.41) is 0. The number of hydrogen-bond acceptors (Lipinski definition) is 2. The summed E-state index contributed by atoms with van der Waals surface area (Å²) in [6.45, 7) is 16.0. The van der Waals surface area contributed by atoms with E-state index in [2.05, 4.69) is 27.7 Å². The smallest absolute Gasteiger partial charge is 0.256 e. The Bertz CT molecular complexity index is 383. The Kier molecular flexibility index (Phi) is 16.4. The molecule has 172 valence electrons. The first-order chi connectivity index (χ1) is 13.9. The van der Waals surface area contributed by atoms with Crippen molar-refractivity contribution in [1.82, 2.24) is 9.80 Å². The molecule has 0 atom stereocenters. The maximum absolute atomic E-state index is 13.5. The third kappa shape index (κ3) is 11.2. The summed E-state index contributed by atoms with van der Waals surface area (Å²) in [5.41, 5.74) is 0.316. The Morgan fingerprint density at radius 3 is 0.966 bits per heavy atom. The molecule has 5 heteroatoms. The van der Waals surface area contributed by atoms with E-state index in [0.29, 0.717) is 0 Å². The maximum atomic E-state index is 13.5. The van der Waals surface area contributed by atoms with Crippen LogP contribution in [0.1, 0.15) is 105 Å². The van der Waals surface area contributed by atoms with Gasteiger partial charge in [-0.1, -0.05) is 92.2 Å². The molecular weight excluding hydrogens is 376 g/mol. The van der Waals surface area contributed by atoms with Gasteiger partial charge < -0.3 is 9.80 Å². The number of nitrogens with zero attached hydrogens (tertiary/aromatic N) is 2. The molecule has 0 aliphatic carbocycles. The molecule has 29 heavy (non-hydrogen) atoms. The summed E-state index contributed by atoms with van der Waals surface area (Å²) in [6, 6.07) is 0. The Morgan fingerprint density at radius 1 is 0.517 bits per heavy atom. The highest BCUT2D eigenvalue weighted by molar-refractivity contribution is 7.23. The van der Waals surface area contributed by atoms with Gasteiger partial charge >= 0.3 is 0 Å². The van der Waals surface area contributed by atoms with Gasteiger partial charge in [0.2, 0.25) is 11.1 Å². The van der Waals surface area contributed by atoms with Crippen molar-refractivity contribution < 1.29 is 9.59 Å². The zero-order chi connectivity index (χ0) is 22.1. The van der Waals surface area contributed by atoms with Crippen molar-refractivity contribution in [1.29, 1.82) is 0 Å². The molecule has 0 aromatic rings. The second kappa shape index (κ2) is 16.9. The van der Waals surface area contributed by atoms with Gasteiger partial charge in [-0.15, -0.1) is 0 Å². The zero-order valence-electron chi connectivity index (χ0n) is 20.5. The number of rotatable bonds is 18. The second-order valence-electron chi connectivity index (χ2n) is 9.04. The number of amides is 2. The van der Waals surface area contributed by atoms with Gasteiger partial charge in [0, 0.05) is 26.2 Å². The topological polar surface area (TPSA) is 40.6 Å². The van der Waals surface area contributed by atoms with Crippen molar-refractivity contribution in [2.45, 2.75) is 118 Å². The Balaban J connectivity index is 5.22. The van der Waals surface area contributed by atoms with E-state index in [1.165, 1.54) is 0 Å². The van der Waals surface area contributed by atoms with Crippen molar-refractivity contribution in [2.75, 3.05) is 26.2 Å². The summed E-state index contributed by atoms with van der Waals surface area (Å²) in [7, 11) is -2.70. The first-order valence-corrected chi connectivity index (χ1v) is 15.4. The average molecular weight is 427 g/mol. The van der Waals surface area contributed by atoms with E-state index in [1.807, 2.05) is 22.9 Å². The average Bonchev–Trinajstić information content (AvgIpc) is 2.71. The first kappa shape index (κ1) is 28.2. The van der Waals surface area contributed by atoms with Crippen LogP contribution >= 0.6 is 0 Å². The third-order valence-electron chi connectivity index (χ3n) is 5.77. The molecule has 0 aromatic heterocycles. The summed E-state index contributed by atoms with van der Waals surface area (Å²) in [6.07, 6.45) is 13.4. The highest BCUT2D eigenvalue weighted by Gasteiger charge is 2.44. The Morgan fingerprint density at radius 2 is 0.759 bits per heavy atom. The zero-order valence-corrected chi connectivity index (χ0v) is 21.5. The molecule has 0 aliphatic rings. The predicted molar refractivity (Wildman–Crippen MR) is 130 cm³/mol. The van der Waals surface area contributed by atoms with Crippen LogP contribution in [-0.4, -0.2) is 55.1 Å². The minimum absolute atomic E-state index is 0.158. The van der Waals surface area contributed by atoms with Crippen LogP contribution in [0.15, 0.2) is 0 Å². The van der Waals surface area contributed by atoms with Crippen LogP contribution < -0.4 is 0 Å². The molecule has 0 rings (SSSR count). The largest absolute Gasteiger partial charge is 0.347 e. The quantitative estimate of drug-likeness (QED) is 0.168. The fraction of sp³-hybridized carbons (Fsp3) is 0.917. The van der Waals surface area contributed by atoms with Crippen LogP contribution in [0.3, 0.4) is 0 Å². The molecule has 0 N–H and O–H groups in total. The first-order valence-electron chi connectivity index (χ1n) is 12.4. The number of carbonyl (C=O) groups excluding carboxylic acids is 2. The van der Waals surface area contributed by atoms with Gasteiger partial charge in [-0.25, -0.2) is 0 Å². The molecule has 0 radical (unpaired) electrons. The lowest BCUT2D eigenvalue weighted by Crippen LogP contribution is -2.59. The van der Waals surface area contributed by atoms with E-state index in [1.54, 1.807) is 0 Å². The monoisotopic (exact) mass is 426 g/mol. The molecule has 0 saturated heterocycles. The highest BCUT2D eigenvalue weighted by Crippen LogP contribution is 2.18. The summed E-state index contributed by atoms with van der Waals surface area (Å²) in [4.78, 5) is 31.1. The molecule has 0 heterocycles. The number of carbonyl (C=O) groups is 2. The fourth-order valence-electron chi connectivity index (χ4n) is 3.72. The lowest BCUT2D eigenvalue weighted by atomic mass is 10.2. The van der Waals surface area contributed by atoms with E-state index >= 15 is 0 Å². The molecule has 2 amide bonds. The third-order valence-corrected chi connectivity index (χ3v) is 8.54. The van der Waals surface area contributed by atoms with E-state index in [-0.39, 0.29) is 11.1 Å². The van der Waals surface area contributed by atoms with Crippen LogP contribution in [0.4, 0.5) is 9.59 Å². The van der Waals surface area contributed by atoms with E-state index in [9.17, 15) is 9.59 Å². The van der Waals surface area contributed by atoms with E-state index in [4.69, 9.17) is 0 Å². The van der Waals surface area contributed by atoms with Gasteiger partial charge in [0.05, 0.1) is 0 Å². The molecular formula is C24H50N2O2Si. The van der Waals surface area contributed by atoms with Crippen LogP contribution in [0, 0.1) is 0 Å². The highest BCUT2D eigenvalue weighted by atomic mass is 28.3. The summed E-state index contributed by atoms with van der Waals surface area (Å²) >= 11 is 0. The summed E-state index contributed by atoms with van der Waals surface area (Å²) in [5.74, 6) is 0. The fourth-order valence-corrected chi connectivity index (χ4v) is 5.93. The minimum atomic E-state index is -2.70. The van der Waals surface area contributed by atoms with Gasteiger partial charge in [0.25, 0.3) is 8.07 Å². The molecule has 0 aromatic carbocycles. The SMILES string of the molecule is CCCCCN(CCCCC)C(=O)[Si](C)(C)C(=O)N(CCCCC)CCCCC. The van der Waals surface area contributed by atoms with Crippen LogP contribution in [0.2, 0.25) is 13.1 Å². The maximum Gasteiger partial charge on any atom is 0.256 e. The van der Waals surface area contributed by atoms with E-state index in [0.717, 1.165) is 103 Å². The molecule has 0 unspecified atom stereocenters. The second-order valence-corrected chi connectivity index (χ2v) is 13.1. The van der Waals surface area contributed by atoms with Gasteiger partial charge in [-0.2, -0.15) is 0 Å². The standard InChI is InChI=1S/C24H50N2O2Si/c1-7-11-15-19-25(20-16-12-8-2)23(27)29(5,6)24(28)26(21-17-13-9-3)22-18-14-10-4/h7-22H2,1-6H3. The van der Waals surface area contributed by atoms with Gasteiger partial charge in [-0.3, -0.25) is 9.59 Å². The summed E-state index contributed by atoms with van der Waals surface area (Å²) < 4.78 is 0. The van der Waals surface area contributed by atoms with Crippen LogP contribution in [0.5, 0.6) is 0 Å². The minimum Gasteiger partial charge on any atom is -0.347 e. The number of unbranched alkanes of at least 4 members (excludes halogenated alkanes) is 8. The molecule has 0 aliphatic heterocycles. The Hall–Kier alpha value is -0.843. The molecule has 0 bridgehead atoms. The molecule has 0 fully saturated rings. The van der Waals surface area contributed by atoms with Gasteiger partial charge in [-0.05, 0) is 25.7 Å². The molecule has 4 nitrogen and oxygen atoms in total. The molecule has 0 spiro atoms. The van der Waals surface area contributed by atoms with Crippen molar-refractivity contribution in [3.63, 3.8) is 0 Å². The molecule has 0 saturated carbocycles. The number of hydrogen-bond donors (Lipinski definition) is 0. The normalized spacial score (nSPS) is 11.5. The van der Waals surface area contributed by atoms with Crippen LogP contribution in [0.25, 0.3) is 0 Å². The van der Waals surface area contributed by atoms with Crippen molar-refractivity contribution in [3.8, 4) is 0 Å². The van der Waals surface area contributed by atoms with Crippen molar-refractivity contribution in [2.24, 2.45) is 0 Å². The lowest BCUT2D eigenvalue weighted by Gasteiger charge is -2.34. The van der Waals surface area contributed by atoms with Gasteiger partial charge in [0.1, 0.15) is 0 Å². The Labute approximate surface area is 182 Å². The van der Waals surface area contributed by atoms with Crippen molar-refractivity contribution >= 4 is 19.1 Å². The predicted octanol–water partition coefficient (Wildman–Crippen LogP) is 7.46. The van der Waals surface area contributed by atoms with E-state index < -0.39 is 8.07 Å². The van der Waals surface area contributed by atoms with Crippen LogP contribution in [-0.2, 0) is 0 Å². The lowest BCUT2D eigenvalue weighted by molar-refractivity contribution is 0.208.